The summed E-state index contributed by atoms with van der Waals surface area (Å²) >= 11 is 0. The Kier molecular flexibility index (Phi) is 3.70. The number of fused-ring (bicyclic) bond motifs is 1. The van der Waals surface area contributed by atoms with Crippen LogP contribution in [0, 0.1) is 5.41 Å². The predicted octanol–water partition coefficient (Wildman–Crippen LogP) is 3.54. The van der Waals surface area contributed by atoms with Crippen LogP contribution in [-0.2, 0) is 18.3 Å². The third-order valence-corrected chi connectivity index (χ3v) is 4.85. The molecule has 0 radical (unpaired) electrons. The van der Waals surface area contributed by atoms with Crippen LogP contribution in [-0.4, -0.2) is 20.6 Å². The monoisotopic (exact) mass is 286 g/mol. The summed E-state index contributed by atoms with van der Waals surface area (Å²) in [5, 5.41) is 9.29. The Hall–Kier alpha value is -1.84. The smallest absolute Gasteiger partial charge is 0.303 e. The molecule has 4 heteroatoms. The molecule has 1 heterocycles. The molecule has 0 amide bonds. The van der Waals surface area contributed by atoms with Crippen LogP contribution in [0.25, 0.3) is 11.0 Å². The van der Waals surface area contributed by atoms with Crippen LogP contribution in [0.4, 0.5) is 0 Å². The Morgan fingerprint density at radius 1 is 1.29 bits per heavy atom. The molecule has 4 nitrogen and oxygen atoms in total. The van der Waals surface area contributed by atoms with Gasteiger partial charge in [-0.3, -0.25) is 4.79 Å². The van der Waals surface area contributed by atoms with Gasteiger partial charge in [-0.15, -0.1) is 0 Å². The largest absolute Gasteiger partial charge is 0.481 e. The summed E-state index contributed by atoms with van der Waals surface area (Å²) < 4.78 is 2.12. The van der Waals surface area contributed by atoms with Crippen LogP contribution in [0.5, 0.6) is 0 Å². The highest BCUT2D eigenvalue weighted by Gasteiger charge is 2.35. The lowest BCUT2D eigenvalue weighted by atomic mass is 9.69. The number of aromatic nitrogens is 2. The van der Waals surface area contributed by atoms with Gasteiger partial charge in [0.05, 0.1) is 17.5 Å². The maximum absolute atomic E-state index is 11.3. The summed E-state index contributed by atoms with van der Waals surface area (Å²) in [5.41, 5.74) is 2.00. The fourth-order valence-electron chi connectivity index (χ4n) is 3.73. The molecule has 1 aliphatic rings. The molecule has 0 aliphatic heterocycles. The fourth-order valence-corrected chi connectivity index (χ4v) is 3.73. The first-order valence-corrected chi connectivity index (χ1v) is 7.72. The first kappa shape index (κ1) is 14.1. The van der Waals surface area contributed by atoms with Gasteiger partial charge in [-0.25, -0.2) is 4.98 Å². The molecule has 0 spiro atoms. The second-order valence-corrected chi connectivity index (χ2v) is 6.38. The Morgan fingerprint density at radius 2 is 2.00 bits per heavy atom. The molecule has 21 heavy (non-hydrogen) atoms. The van der Waals surface area contributed by atoms with E-state index in [0.29, 0.717) is 0 Å². The molecule has 112 valence electrons. The average molecular weight is 286 g/mol. The van der Waals surface area contributed by atoms with Crippen LogP contribution >= 0.6 is 0 Å². The number of aryl methyl sites for hydroxylation is 1. The van der Waals surface area contributed by atoms with Crippen molar-refractivity contribution in [2.75, 3.05) is 0 Å². The van der Waals surface area contributed by atoms with Crippen molar-refractivity contribution in [1.82, 2.24) is 9.55 Å². The minimum absolute atomic E-state index is 0.112. The van der Waals surface area contributed by atoms with Gasteiger partial charge in [0.2, 0.25) is 0 Å². The number of rotatable bonds is 4. The van der Waals surface area contributed by atoms with Gasteiger partial charge in [0.1, 0.15) is 5.82 Å². The zero-order valence-electron chi connectivity index (χ0n) is 12.5. The Balaban J connectivity index is 1.93. The molecular formula is C17H22N2O2. The van der Waals surface area contributed by atoms with Crippen LogP contribution in [0.1, 0.15) is 44.3 Å². The van der Waals surface area contributed by atoms with Crippen molar-refractivity contribution in [2.24, 2.45) is 12.5 Å². The number of aliphatic carboxylic acids is 1. The van der Waals surface area contributed by atoms with E-state index >= 15 is 0 Å². The summed E-state index contributed by atoms with van der Waals surface area (Å²) in [4.78, 5) is 16.0. The molecule has 0 bridgehead atoms. The minimum atomic E-state index is -0.685. The third-order valence-electron chi connectivity index (χ3n) is 4.85. The van der Waals surface area contributed by atoms with E-state index in [4.69, 9.17) is 4.98 Å². The summed E-state index contributed by atoms with van der Waals surface area (Å²) in [7, 11) is 2.03. The standard InChI is InChI=1S/C17H22N2O2/c1-19-14-8-4-3-7-13(14)18-15(19)11-17(12-16(20)21)9-5-2-6-10-17/h3-4,7-8H,2,5-6,9-12H2,1H3,(H,20,21). The van der Waals surface area contributed by atoms with Gasteiger partial charge in [-0.2, -0.15) is 0 Å². The van der Waals surface area contributed by atoms with E-state index in [1.165, 1.54) is 6.42 Å². The van der Waals surface area contributed by atoms with Gasteiger partial charge < -0.3 is 9.67 Å². The summed E-state index contributed by atoms with van der Waals surface area (Å²) in [6, 6.07) is 8.09. The van der Waals surface area contributed by atoms with E-state index in [2.05, 4.69) is 10.6 Å². The molecule has 3 rings (SSSR count). The number of benzene rings is 1. The van der Waals surface area contributed by atoms with Crippen molar-refractivity contribution < 1.29 is 9.90 Å². The molecule has 1 N–H and O–H groups in total. The van der Waals surface area contributed by atoms with Crippen LogP contribution in [0.3, 0.4) is 0 Å². The molecule has 0 atom stereocenters. The molecule has 0 unspecified atom stereocenters. The number of imidazole rings is 1. The maximum Gasteiger partial charge on any atom is 0.303 e. The summed E-state index contributed by atoms with van der Waals surface area (Å²) in [6.07, 6.45) is 6.53. The number of hydrogen-bond donors (Lipinski definition) is 1. The second kappa shape index (κ2) is 5.51. The first-order valence-electron chi connectivity index (χ1n) is 7.72. The van der Waals surface area contributed by atoms with E-state index in [9.17, 15) is 9.90 Å². The van der Waals surface area contributed by atoms with Crippen molar-refractivity contribution in [2.45, 2.75) is 44.9 Å². The lowest BCUT2D eigenvalue weighted by molar-refractivity contribution is -0.140. The van der Waals surface area contributed by atoms with E-state index in [0.717, 1.165) is 49.0 Å². The van der Waals surface area contributed by atoms with Crippen LogP contribution in [0.2, 0.25) is 0 Å². The number of carboxylic acids is 1. The van der Waals surface area contributed by atoms with Gasteiger partial charge >= 0.3 is 5.97 Å². The normalized spacial score (nSPS) is 18.0. The van der Waals surface area contributed by atoms with Gasteiger partial charge in [0.15, 0.2) is 0 Å². The van der Waals surface area contributed by atoms with E-state index in [-0.39, 0.29) is 11.8 Å². The van der Waals surface area contributed by atoms with Crippen molar-refractivity contribution >= 4 is 17.0 Å². The second-order valence-electron chi connectivity index (χ2n) is 6.38. The number of hydrogen-bond acceptors (Lipinski definition) is 2. The molecule has 1 aliphatic carbocycles. The van der Waals surface area contributed by atoms with E-state index in [1.807, 2.05) is 25.2 Å². The molecule has 1 aromatic carbocycles. The van der Waals surface area contributed by atoms with E-state index in [1.54, 1.807) is 0 Å². The predicted molar refractivity (Wildman–Crippen MR) is 82.2 cm³/mol. The van der Waals surface area contributed by atoms with Crippen molar-refractivity contribution in [3.05, 3.63) is 30.1 Å². The SMILES string of the molecule is Cn1c(CC2(CC(=O)O)CCCCC2)nc2ccccc21. The fraction of sp³-hybridized carbons (Fsp3) is 0.529. The van der Waals surface area contributed by atoms with Gasteiger partial charge in [-0.1, -0.05) is 31.4 Å². The first-order chi connectivity index (χ1) is 10.1. The lowest BCUT2D eigenvalue weighted by Gasteiger charge is -2.35. The lowest BCUT2D eigenvalue weighted by Crippen LogP contribution is -2.30. The quantitative estimate of drug-likeness (QED) is 0.935. The third kappa shape index (κ3) is 2.80. The van der Waals surface area contributed by atoms with Crippen molar-refractivity contribution in [1.29, 1.82) is 0 Å². The highest BCUT2D eigenvalue weighted by molar-refractivity contribution is 5.75. The van der Waals surface area contributed by atoms with Gasteiger partial charge in [0.25, 0.3) is 0 Å². The molecule has 1 fully saturated rings. The zero-order valence-corrected chi connectivity index (χ0v) is 12.5. The van der Waals surface area contributed by atoms with Crippen LogP contribution in [0.15, 0.2) is 24.3 Å². The molecule has 1 aromatic heterocycles. The van der Waals surface area contributed by atoms with Gasteiger partial charge in [-0.05, 0) is 30.4 Å². The summed E-state index contributed by atoms with van der Waals surface area (Å²) in [6.45, 7) is 0. The number of para-hydroxylation sites is 2. The Morgan fingerprint density at radius 3 is 2.67 bits per heavy atom. The average Bonchev–Trinajstić information content (AvgIpc) is 2.76. The maximum atomic E-state index is 11.3. The summed E-state index contributed by atoms with van der Waals surface area (Å²) in [5.74, 6) is 0.329. The Labute approximate surface area is 124 Å². The van der Waals surface area contributed by atoms with Crippen LogP contribution < -0.4 is 0 Å². The topological polar surface area (TPSA) is 55.1 Å². The minimum Gasteiger partial charge on any atom is -0.481 e. The Bertz CT molecular complexity index is 654. The van der Waals surface area contributed by atoms with Gasteiger partial charge in [0, 0.05) is 13.5 Å². The van der Waals surface area contributed by atoms with Crippen molar-refractivity contribution in [3.63, 3.8) is 0 Å². The molecule has 0 saturated heterocycles. The molecular weight excluding hydrogens is 264 g/mol. The molecule has 2 aromatic rings. The zero-order chi connectivity index (χ0) is 14.9. The van der Waals surface area contributed by atoms with E-state index < -0.39 is 5.97 Å². The number of carbonyl (C=O) groups is 1. The number of nitrogens with zero attached hydrogens (tertiary/aromatic N) is 2. The highest BCUT2D eigenvalue weighted by Crippen LogP contribution is 2.42. The highest BCUT2D eigenvalue weighted by atomic mass is 16.4. The number of carboxylic acid groups (broad SMARTS) is 1. The van der Waals surface area contributed by atoms with Crippen molar-refractivity contribution in [3.8, 4) is 0 Å². The molecule has 1 saturated carbocycles.